The number of aliphatic hydroxyl groups excluding tert-OH is 1. The molecule has 1 saturated heterocycles. The van der Waals surface area contributed by atoms with Crippen molar-refractivity contribution in [3.05, 3.63) is 71.9 Å². The Bertz CT molecular complexity index is 1570. The van der Waals surface area contributed by atoms with E-state index in [1.165, 1.54) is 30.2 Å². The highest BCUT2D eigenvalue weighted by Gasteiger charge is 2.32. The SMILES string of the molecule is C[C@@H](O)C(=O)N1CCOC(c2nc(-c3ccc(C(=O)Nc4cc(C(F)(F)F)ccn4)cc3)c3c(N)nccn23)C1. The number of anilines is 2. The summed E-state index contributed by atoms with van der Waals surface area (Å²) >= 11 is 0. The highest BCUT2D eigenvalue weighted by molar-refractivity contribution is 6.04. The summed E-state index contributed by atoms with van der Waals surface area (Å²) in [6, 6.07) is 7.81. The van der Waals surface area contributed by atoms with Crippen LogP contribution in [-0.4, -0.2) is 67.0 Å². The maximum atomic E-state index is 13.0. The van der Waals surface area contributed by atoms with Gasteiger partial charge in [0, 0.05) is 36.3 Å². The average molecular weight is 556 g/mol. The fourth-order valence-corrected chi connectivity index (χ4v) is 4.43. The number of amides is 2. The molecule has 14 heteroatoms. The van der Waals surface area contributed by atoms with E-state index in [2.05, 4.69) is 15.3 Å². The van der Waals surface area contributed by atoms with Crippen LogP contribution in [0.25, 0.3) is 16.8 Å². The number of fused-ring (bicyclic) bond motifs is 1. The van der Waals surface area contributed by atoms with Gasteiger partial charge in [-0.05, 0) is 31.2 Å². The van der Waals surface area contributed by atoms with E-state index in [1.807, 2.05) is 0 Å². The standard InChI is InChI=1S/C26H24F3N7O4/c1-14(37)25(39)35-10-11-40-18(13-35)23-34-20(21-22(30)32-8-9-36(21)23)15-2-4-16(5-3-15)24(38)33-19-12-17(6-7-31-19)26(27,28)29/h2-9,12,14,18,37H,10-11,13H2,1H3,(H2,30,32)(H,31,33,38)/t14-,18?/m1/s1. The summed E-state index contributed by atoms with van der Waals surface area (Å²) in [7, 11) is 0. The summed E-state index contributed by atoms with van der Waals surface area (Å²) in [6.45, 7) is 2.16. The second-order valence-corrected chi connectivity index (χ2v) is 9.13. The molecule has 3 aromatic heterocycles. The van der Waals surface area contributed by atoms with Gasteiger partial charge in [-0.15, -0.1) is 0 Å². The second-order valence-electron chi connectivity index (χ2n) is 9.13. The molecule has 0 saturated carbocycles. The molecule has 4 aromatic rings. The van der Waals surface area contributed by atoms with Crippen molar-refractivity contribution in [3.63, 3.8) is 0 Å². The predicted molar refractivity (Wildman–Crippen MR) is 137 cm³/mol. The lowest BCUT2D eigenvalue weighted by atomic mass is 10.1. The van der Waals surface area contributed by atoms with Crippen LogP contribution in [0.4, 0.5) is 24.8 Å². The molecule has 0 bridgehead atoms. The van der Waals surface area contributed by atoms with Gasteiger partial charge in [-0.2, -0.15) is 13.2 Å². The van der Waals surface area contributed by atoms with E-state index in [-0.39, 0.29) is 30.4 Å². The second kappa shape index (κ2) is 10.5. The summed E-state index contributed by atoms with van der Waals surface area (Å²) in [6.07, 6.45) is -2.18. The summed E-state index contributed by atoms with van der Waals surface area (Å²) in [5.74, 6) is -0.623. The first kappa shape index (κ1) is 27.0. The van der Waals surface area contributed by atoms with Crippen LogP contribution in [-0.2, 0) is 15.7 Å². The number of nitrogens with one attached hydrogen (secondary N) is 1. The summed E-state index contributed by atoms with van der Waals surface area (Å²) in [4.78, 5) is 39.3. The lowest BCUT2D eigenvalue weighted by molar-refractivity contribution is -0.147. The van der Waals surface area contributed by atoms with Crippen LogP contribution in [0.15, 0.2) is 55.0 Å². The zero-order valence-electron chi connectivity index (χ0n) is 21.1. The molecule has 4 heterocycles. The van der Waals surface area contributed by atoms with Crippen molar-refractivity contribution in [2.45, 2.75) is 25.3 Å². The number of imidazole rings is 1. The monoisotopic (exact) mass is 555 g/mol. The fourth-order valence-electron chi connectivity index (χ4n) is 4.43. The minimum atomic E-state index is -4.57. The largest absolute Gasteiger partial charge is 0.416 e. The average Bonchev–Trinajstić information content (AvgIpc) is 3.33. The van der Waals surface area contributed by atoms with Crippen LogP contribution in [0.1, 0.15) is 34.8 Å². The number of hydrogen-bond acceptors (Lipinski definition) is 8. The van der Waals surface area contributed by atoms with Crippen molar-refractivity contribution in [3.8, 4) is 11.3 Å². The number of aliphatic hydroxyl groups is 1. The Hall–Kier alpha value is -4.56. The number of carbonyl (C=O) groups excluding carboxylic acids is 2. The predicted octanol–water partition coefficient (Wildman–Crippen LogP) is 2.93. The van der Waals surface area contributed by atoms with Gasteiger partial charge in [0.1, 0.15) is 40.9 Å². The normalized spacial score (nSPS) is 16.6. The number of aromatic nitrogens is 4. The van der Waals surface area contributed by atoms with Crippen LogP contribution in [0.3, 0.4) is 0 Å². The van der Waals surface area contributed by atoms with E-state index in [9.17, 15) is 27.9 Å². The minimum Gasteiger partial charge on any atom is -0.384 e. The molecule has 2 atom stereocenters. The lowest BCUT2D eigenvalue weighted by Crippen LogP contribution is -2.46. The molecule has 1 fully saturated rings. The Kier molecular flexibility index (Phi) is 7.12. The summed E-state index contributed by atoms with van der Waals surface area (Å²) in [5.41, 5.74) is 6.98. The van der Waals surface area contributed by atoms with Crippen molar-refractivity contribution in [2.75, 3.05) is 30.7 Å². The topological polar surface area (TPSA) is 148 Å². The number of nitrogens with zero attached hydrogens (tertiary/aromatic N) is 5. The summed E-state index contributed by atoms with van der Waals surface area (Å²) in [5, 5.41) is 12.1. The van der Waals surface area contributed by atoms with Crippen molar-refractivity contribution in [1.29, 1.82) is 0 Å². The van der Waals surface area contributed by atoms with Crippen LogP contribution < -0.4 is 11.1 Å². The number of halogens is 3. The van der Waals surface area contributed by atoms with E-state index in [0.29, 0.717) is 29.1 Å². The number of nitrogen functional groups attached to an aromatic ring is 1. The van der Waals surface area contributed by atoms with Gasteiger partial charge in [0.2, 0.25) is 0 Å². The molecular formula is C26H24F3N7O4. The third kappa shape index (κ3) is 5.31. The molecule has 11 nitrogen and oxygen atoms in total. The first-order chi connectivity index (χ1) is 19.0. The molecule has 1 aromatic carbocycles. The van der Waals surface area contributed by atoms with Gasteiger partial charge in [0.25, 0.3) is 11.8 Å². The molecular weight excluding hydrogens is 531 g/mol. The quantitative estimate of drug-likeness (QED) is 0.341. The van der Waals surface area contributed by atoms with Crippen LogP contribution >= 0.6 is 0 Å². The number of pyridine rings is 1. The summed E-state index contributed by atoms with van der Waals surface area (Å²) < 4.78 is 46.6. The number of carbonyl (C=O) groups is 2. The molecule has 2 amide bonds. The van der Waals surface area contributed by atoms with Gasteiger partial charge in [0.15, 0.2) is 0 Å². The zero-order chi connectivity index (χ0) is 28.6. The number of benzene rings is 1. The number of morpholine rings is 1. The molecule has 1 aliphatic rings. The first-order valence-electron chi connectivity index (χ1n) is 12.2. The molecule has 208 valence electrons. The minimum absolute atomic E-state index is 0.174. The maximum absolute atomic E-state index is 13.0. The fraction of sp³-hybridized carbons (Fsp3) is 0.269. The highest BCUT2D eigenvalue weighted by Crippen LogP contribution is 2.33. The number of rotatable bonds is 5. The van der Waals surface area contributed by atoms with Gasteiger partial charge >= 0.3 is 6.18 Å². The van der Waals surface area contributed by atoms with E-state index in [1.54, 1.807) is 22.7 Å². The van der Waals surface area contributed by atoms with Crippen LogP contribution in [0.5, 0.6) is 0 Å². The zero-order valence-corrected chi connectivity index (χ0v) is 21.1. The maximum Gasteiger partial charge on any atom is 0.416 e. The Morgan fingerprint density at radius 1 is 1.18 bits per heavy atom. The number of alkyl halides is 3. The Morgan fingerprint density at radius 2 is 1.93 bits per heavy atom. The molecule has 40 heavy (non-hydrogen) atoms. The number of hydrogen-bond donors (Lipinski definition) is 3. The van der Waals surface area contributed by atoms with E-state index in [0.717, 1.165) is 18.3 Å². The Morgan fingerprint density at radius 3 is 2.62 bits per heavy atom. The molecule has 0 radical (unpaired) electrons. The van der Waals surface area contributed by atoms with Gasteiger partial charge in [-0.25, -0.2) is 15.0 Å². The smallest absolute Gasteiger partial charge is 0.384 e. The molecule has 4 N–H and O–H groups in total. The third-order valence-electron chi connectivity index (χ3n) is 6.38. The third-order valence-corrected chi connectivity index (χ3v) is 6.38. The van der Waals surface area contributed by atoms with Gasteiger partial charge < -0.3 is 25.8 Å². The molecule has 0 spiro atoms. The number of ether oxygens (including phenoxy) is 1. The van der Waals surface area contributed by atoms with Crippen LogP contribution in [0, 0.1) is 0 Å². The van der Waals surface area contributed by atoms with Crippen molar-refractivity contribution in [1.82, 2.24) is 24.3 Å². The Labute approximate surface area is 225 Å². The van der Waals surface area contributed by atoms with Gasteiger partial charge in [0.05, 0.1) is 18.7 Å². The van der Waals surface area contributed by atoms with Crippen molar-refractivity contribution >= 4 is 29.0 Å². The van der Waals surface area contributed by atoms with Gasteiger partial charge in [-0.3, -0.25) is 14.0 Å². The van der Waals surface area contributed by atoms with E-state index in [4.69, 9.17) is 15.5 Å². The molecule has 0 aliphatic carbocycles. The van der Waals surface area contributed by atoms with Crippen molar-refractivity contribution < 1.29 is 32.6 Å². The van der Waals surface area contributed by atoms with E-state index >= 15 is 0 Å². The molecule has 1 unspecified atom stereocenters. The van der Waals surface area contributed by atoms with Crippen molar-refractivity contribution in [2.24, 2.45) is 0 Å². The lowest BCUT2D eigenvalue weighted by Gasteiger charge is -2.33. The van der Waals surface area contributed by atoms with E-state index < -0.39 is 35.8 Å². The molecule has 5 rings (SSSR count). The number of nitrogens with two attached hydrogens (primary N) is 1. The van der Waals surface area contributed by atoms with Crippen LogP contribution in [0.2, 0.25) is 0 Å². The first-order valence-corrected chi connectivity index (χ1v) is 12.2. The Balaban J connectivity index is 1.42. The van der Waals surface area contributed by atoms with Gasteiger partial charge in [-0.1, -0.05) is 12.1 Å². The highest BCUT2D eigenvalue weighted by atomic mass is 19.4. The molecule has 1 aliphatic heterocycles.